The molecule has 8 heteroatoms. The van der Waals surface area contributed by atoms with Crippen molar-refractivity contribution < 1.29 is 4.79 Å². The molecule has 0 saturated carbocycles. The van der Waals surface area contributed by atoms with Gasteiger partial charge >= 0.3 is 0 Å². The Morgan fingerprint density at radius 1 is 0.889 bits per heavy atom. The van der Waals surface area contributed by atoms with E-state index in [1.54, 1.807) is 18.5 Å². The molecule has 8 nitrogen and oxygen atoms in total. The number of aromatic amines is 1. The summed E-state index contributed by atoms with van der Waals surface area (Å²) in [6.07, 6.45) is 7.38. The van der Waals surface area contributed by atoms with E-state index < -0.39 is 0 Å². The predicted molar refractivity (Wildman–Crippen MR) is 141 cm³/mol. The van der Waals surface area contributed by atoms with Crippen molar-refractivity contribution in [1.82, 2.24) is 29.8 Å². The van der Waals surface area contributed by atoms with E-state index in [2.05, 4.69) is 60.0 Å². The molecule has 1 aliphatic rings. The predicted octanol–water partition coefficient (Wildman–Crippen LogP) is 4.05. The number of rotatable bonds is 5. The van der Waals surface area contributed by atoms with Crippen LogP contribution in [0.4, 0.5) is 5.82 Å². The van der Waals surface area contributed by atoms with Gasteiger partial charge in [-0.3, -0.25) is 14.8 Å². The molecule has 0 amide bonds. The summed E-state index contributed by atoms with van der Waals surface area (Å²) in [5.41, 5.74) is 6.11. The molecule has 1 fully saturated rings. The van der Waals surface area contributed by atoms with E-state index in [1.165, 1.54) is 0 Å². The molecule has 0 radical (unpaired) electrons. The Labute approximate surface area is 209 Å². The molecular formula is C28H27N7O. The second-order valence-electron chi connectivity index (χ2n) is 9.50. The SMILES string of the molecule is Cc1cc2cc(-c3cnc4cnc(CC(=O)c5ccnc(N6CCN(C)CC6)c5)cc4c3)cnc2[nH]1. The number of aromatic nitrogens is 5. The average Bonchev–Trinajstić information content (AvgIpc) is 3.28. The third-order valence-corrected chi connectivity index (χ3v) is 6.80. The molecule has 0 aromatic carbocycles. The third kappa shape index (κ3) is 4.43. The van der Waals surface area contributed by atoms with Gasteiger partial charge in [0.25, 0.3) is 0 Å². The topological polar surface area (TPSA) is 90.9 Å². The van der Waals surface area contributed by atoms with Crippen LogP contribution in [-0.4, -0.2) is 68.8 Å². The lowest BCUT2D eigenvalue weighted by atomic mass is 10.0. The fraction of sp³-hybridized carbons (Fsp3) is 0.250. The first-order valence-electron chi connectivity index (χ1n) is 12.1. The number of hydrogen-bond donors (Lipinski definition) is 1. The first-order valence-corrected chi connectivity index (χ1v) is 12.1. The van der Waals surface area contributed by atoms with E-state index in [1.807, 2.05) is 31.5 Å². The summed E-state index contributed by atoms with van der Waals surface area (Å²) in [5, 5.41) is 2.02. The van der Waals surface area contributed by atoms with Gasteiger partial charge in [-0.15, -0.1) is 0 Å². The van der Waals surface area contributed by atoms with Gasteiger partial charge in [-0.05, 0) is 50.4 Å². The first-order chi connectivity index (χ1) is 17.5. The number of nitrogens with one attached hydrogen (secondary N) is 1. The largest absolute Gasteiger partial charge is 0.354 e. The first kappa shape index (κ1) is 22.3. The van der Waals surface area contributed by atoms with Crippen LogP contribution in [-0.2, 0) is 6.42 Å². The van der Waals surface area contributed by atoms with Crippen LogP contribution in [0.15, 0.2) is 61.2 Å². The Kier molecular flexibility index (Phi) is 5.65. The molecule has 36 heavy (non-hydrogen) atoms. The van der Waals surface area contributed by atoms with E-state index in [9.17, 15) is 4.79 Å². The summed E-state index contributed by atoms with van der Waals surface area (Å²) in [5.74, 6) is 0.888. The van der Waals surface area contributed by atoms with Crippen molar-refractivity contribution in [2.24, 2.45) is 0 Å². The number of anilines is 1. The number of pyridine rings is 4. The molecule has 0 spiro atoms. The lowest BCUT2D eigenvalue weighted by Gasteiger charge is -2.33. The van der Waals surface area contributed by atoms with E-state index >= 15 is 0 Å². The van der Waals surface area contributed by atoms with Gasteiger partial charge < -0.3 is 14.8 Å². The highest BCUT2D eigenvalue weighted by Crippen LogP contribution is 2.26. The summed E-state index contributed by atoms with van der Waals surface area (Å²) in [6, 6.07) is 11.9. The molecule has 6 heterocycles. The maximum absolute atomic E-state index is 13.1. The highest BCUT2D eigenvalue weighted by atomic mass is 16.1. The second-order valence-corrected chi connectivity index (χ2v) is 9.50. The molecule has 0 unspecified atom stereocenters. The Morgan fingerprint density at radius 2 is 1.67 bits per heavy atom. The van der Waals surface area contributed by atoms with Gasteiger partial charge in [-0.1, -0.05) is 0 Å². The lowest BCUT2D eigenvalue weighted by molar-refractivity contribution is 0.0992. The Bertz CT molecular complexity index is 1580. The quantitative estimate of drug-likeness (QED) is 0.382. The minimum Gasteiger partial charge on any atom is -0.354 e. The minimum atomic E-state index is 0.0289. The zero-order valence-corrected chi connectivity index (χ0v) is 20.4. The second kappa shape index (κ2) is 9.13. The molecule has 1 N–H and O–H groups in total. The smallest absolute Gasteiger partial charge is 0.169 e. The molecule has 0 atom stereocenters. The van der Waals surface area contributed by atoms with Crippen LogP contribution in [0.3, 0.4) is 0 Å². The van der Waals surface area contributed by atoms with Gasteiger partial charge in [0.15, 0.2) is 5.78 Å². The van der Waals surface area contributed by atoms with Crippen molar-refractivity contribution >= 4 is 33.5 Å². The normalized spacial score (nSPS) is 14.6. The Morgan fingerprint density at radius 3 is 2.50 bits per heavy atom. The van der Waals surface area contributed by atoms with Crippen LogP contribution < -0.4 is 4.90 Å². The van der Waals surface area contributed by atoms with Gasteiger partial charge in [0.1, 0.15) is 11.5 Å². The van der Waals surface area contributed by atoms with Gasteiger partial charge in [0.2, 0.25) is 0 Å². The van der Waals surface area contributed by atoms with E-state index in [4.69, 9.17) is 0 Å². The van der Waals surface area contributed by atoms with Crippen molar-refractivity contribution in [2.45, 2.75) is 13.3 Å². The van der Waals surface area contributed by atoms with E-state index in [0.717, 1.165) is 76.4 Å². The number of likely N-dealkylation sites (N-methyl/N-ethyl adjacent to an activating group) is 1. The fourth-order valence-electron chi connectivity index (χ4n) is 4.71. The standard InChI is InChI=1S/C28H27N7O/c1-18-9-21-11-23(16-32-28(21)33-18)22-10-20-12-24(30-17-25(20)31-15-22)14-26(36)19-3-4-29-27(13-19)35-7-5-34(2)6-8-35/h3-4,9-13,15-17H,5-8,14H2,1-2H3,(H,32,33). The number of carbonyl (C=O) groups is 1. The zero-order chi connectivity index (χ0) is 24.6. The summed E-state index contributed by atoms with van der Waals surface area (Å²) in [4.78, 5) is 39.1. The summed E-state index contributed by atoms with van der Waals surface area (Å²) in [7, 11) is 2.12. The Hall–Kier alpha value is -4.17. The zero-order valence-electron chi connectivity index (χ0n) is 20.4. The van der Waals surface area contributed by atoms with Crippen LogP contribution in [0.2, 0.25) is 0 Å². The minimum absolute atomic E-state index is 0.0289. The van der Waals surface area contributed by atoms with Crippen molar-refractivity contribution in [3.05, 3.63) is 78.1 Å². The maximum Gasteiger partial charge on any atom is 0.169 e. The summed E-state index contributed by atoms with van der Waals surface area (Å²) >= 11 is 0. The van der Waals surface area contributed by atoms with Crippen molar-refractivity contribution in [3.8, 4) is 11.1 Å². The number of aryl methyl sites for hydroxylation is 1. The van der Waals surface area contributed by atoms with Crippen LogP contribution in [0, 0.1) is 6.92 Å². The van der Waals surface area contributed by atoms with Gasteiger partial charge in [0, 0.05) is 83.6 Å². The van der Waals surface area contributed by atoms with Crippen molar-refractivity contribution in [1.29, 1.82) is 0 Å². The van der Waals surface area contributed by atoms with Gasteiger partial charge in [-0.25, -0.2) is 9.97 Å². The number of ketones is 1. The molecule has 6 rings (SSSR count). The summed E-state index contributed by atoms with van der Waals surface area (Å²) in [6.45, 7) is 5.83. The van der Waals surface area contributed by atoms with Crippen LogP contribution in [0.1, 0.15) is 21.7 Å². The van der Waals surface area contributed by atoms with Crippen LogP contribution in [0.5, 0.6) is 0 Å². The number of piperazine rings is 1. The van der Waals surface area contributed by atoms with Crippen molar-refractivity contribution in [2.75, 3.05) is 38.1 Å². The number of Topliss-reactive ketones (excluding diaryl/α,β-unsaturated/α-hetero) is 1. The molecule has 1 aliphatic heterocycles. The molecule has 5 aromatic heterocycles. The number of carbonyl (C=O) groups excluding carboxylic acids is 1. The fourth-order valence-corrected chi connectivity index (χ4v) is 4.71. The summed E-state index contributed by atoms with van der Waals surface area (Å²) < 4.78 is 0. The van der Waals surface area contributed by atoms with E-state index in [-0.39, 0.29) is 12.2 Å². The highest BCUT2D eigenvalue weighted by molar-refractivity contribution is 5.98. The van der Waals surface area contributed by atoms with Gasteiger partial charge in [0.05, 0.1) is 18.1 Å². The van der Waals surface area contributed by atoms with Crippen LogP contribution >= 0.6 is 0 Å². The van der Waals surface area contributed by atoms with E-state index in [0.29, 0.717) is 5.56 Å². The number of hydrogen-bond acceptors (Lipinski definition) is 7. The maximum atomic E-state index is 13.1. The average molecular weight is 478 g/mol. The molecule has 1 saturated heterocycles. The number of nitrogens with zero attached hydrogens (tertiary/aromatic N) is 6. The van der Waals surface area contributed by atoms with Crippen molar-refractivity contribution in [3.63, 3.8) is 0 Å². The molecule has 5 aromatic rings. The Balaban J connectivity index is 1.24. The van der Waals surface area contributed by atoms with Gasteiger partial charge in [-0.2, -0.15) is 0 Å². The third-order valence-electron chi connectivity index (χ3n) is 6.80. The molecule has 0 bridgehead atoms. The highest BCUT2D eigenvalue weighted by Gasteiger charge is 2.17. The monoisotopic (exact) mass is 477 g/mol. The lowest BCUT2D eigenvalue weighted by Crippen LogP contribution is -2.44. The molecule has 0 aliphatic carbocycles. The van der Waals surface area contributed by atoms with Crippen LogP contribution in [0.25, 0.3) is 33.1 Å². The molecule has 180 valence electrons. The number of fused-ring (bicyclic) bond motifs is 2. The molecular weight excluding hydrogens is 450 g/mol. The number of H-pyrrole nitrogens is 1.